The third-order valence-electron chi connectivity index (χ3n) is 5.43. The molecule has 6 heteroatoms. The molecule has 142 valence electrons. The van der Waals surface area contributed by atoms with Crippen LogP contribution < -0.4 is 5.32 Å². The second-order valence-corrected chi connectivity index (χ2v) is 7.29. The van der Waals surface area contributed by atoms with E-state index in [9.17, 15) is 4.79 Å². The average molecular weight is 396 g/mol. The molecule has 2 heterocycles. The zero-order valence-corrected chi connectivity index (χ0v) is 16.8. The van der Waals surface area contributed by atoms with E-state index in [1.54, 1.807) is 0 Å². The molecule has 1 amide bonds. The number of fused-ring (bicyclic) bond motifs is 2. The van der Waals surface area contributed by atoms with Crippen LogP contribution in [-0.4, -0.2) is 35.4 Å². The number of halogens is 2. The van der Waals surface area contributed by atoms with Gasteiger partial charge in [0.25, 0.3) is 0 Å². The minimum atomic E-state index is 0. The van der Waals surface area contributed by atoms with E-state index < -0.39 is 0 Å². The van der Waals surface area contributed by atoms with E-state index in [0.717, 1.165) is 60.6 Å². The van der Waals surface area contributed by atoms with Crippen LogP contribution in [0.4, 0.5) is 5.69 Å². The van der Waals surface area contributed by atoms with Gasteiger partial charge in [-0.05, 0) is 62.7 Å². The van der Waals surface area contributed by atoms with Crippen LogP contribution in [-0.2, 0) is 17.6 Å². The summed E-state index contributed by atoms with van der Waals surface area (Å²) in [4.78, 5) is 19.7. The number of piperidine rings is 1. The molecule has 1 aromatic carbocycles. The number of hydrogen-bond acceptors (Lipinski definition) is 3. The lowest BCUT2D eigenvalue weighted by atomic mass is 9.99. The topological polar surface area (TPSA) is 45.2 Å². The van der Waals surface area contributed by atoms with Gasteiger partial charge in [0.05, 0.1) is 17.7 Å². The Morgan fingerprint density at radius 1 is 1.19 bits per heavy atom. The van der Waals surface area contributed by atoms with Crippen molar-refractivity contribution in [2.45, 2.75) is 39.0 Å². The summed E-state index contributed by atoms with van der Waals surface area (Å²) < 4.78 is 0. The fourth-order valence-electron chi connectivity index (χ4n) is 3.96. The van der Waals surface area contributed by atoms with Gasteiger partial charge < -0.3 is 5.32 Å². The molecule has 0 spiro atoms. The van der Waals surface area contributed by atoms with E-state index in [2.05, 4.69) is 23.2 Å². The van der Waals surface area contributed by atoms with Gasteiger partial charge >= 0.3 is 0 Å². The predicted molar refractivity (Wildman–Crippen MR) is 112 cm³/mol. The first-order valence-corrected chi connectivity index (χ1v) is 9.13. The number of nitrogens with zero attached hydrogens (tertiary/aromatic N) is 2. The molecule has 2 aliphatic rings. The van der Waals surface area contributed by atoms with Crippen LogP contribution in [0.15, 0.2) is 24.3 Å². The van der Waals surface area contributed by atoms with Crippen molar-refractivity contribution >= 4 is 47.3 Å². The summed E-state index contributed by atoms with van der Waals surface area (Å²) in [6.07, 6.45) is 5.56. The molecule has 0 radical (unpaired) electrons. The quantitative estimate of drug-likeness (QED) is 0.844. The van der Waals surface area contributed by atoms with E-state index in [1.807, 2.05) is 18.2 Å². The summed E-state index contributed by atoms with van der Waals surface area (Å²) >= 11 is 0. The molecule has 0 bridgehead atoms. The third kappa shape index (κ3) is 4.30. The van der Waals surface area contributed by atoms with Gasteiger partial charge in [-0.2, -0.15) is 0 Å². The maximum atomic E-state index is 12.6. The number of aromatic nitrogens is 1. The summed E-state index contributed by atoms with van der Waals surface area (Å²) in [5.74, 6) is 0.895. The largest absolute Gasteiger partial charge is 0.324 e. The van der Waals surface area contributed by atoms with Crippen LogP contribution in [0.3, 0.4) is 0 Å². The molecule has 1 aliphatic heterocycles. The van der Waals surface area contributed by atoms with Gasteiger partial charge in [0.1, 0.15) is 0 Å². The first-order chi connectivity index (χ1) is 11.7. The van der Waals surface area contributed by atoms with Gasteiger partial charge in [0, 0.05) is 11.1 Å². The molecule has 0 unspecified atom stereocenters. The van der Waals surface area contributed by atoms with E-state index in [4.69, 9.17) is 4.98 Å². The number of amides is 1. The predicted octanol–water partition coefficient (Wildman–Crippen LogP) is 4.24. The summed E-state index contributed by atoms with van der Waals surface area (Å²) in [6.45, 7) is 4.86. The highest BCUT2D eigenvalue weighted by Gasteiger charge is 2.22. The van der Waals surface area contributed by atoms with E-state index in [0.29, 0.717) is 6.54 Å². The van der Waals surface area contributed by atoms with Gasteiger partial charge in [-0.3, -0.25) is 14.7 Å². The molecule has 26 heavy (non-hydrogen) atoms. The highest BCUT2D eigenvalue weighted by Crippen LogP contribution is 2.34. The highest BCUT2D eigenvalue weighted by molar-refractivity contribution is 6.03. The van der Waals surface area contributed by atoms with Crippen LogP contribution in [0.5, 0.6) is 0 Å². The minimum absolute atomic E-state index is 0. The molecular formula is C20H27Cl2N3O. The number of carbonyl (C=O) groups is 1. The maximum Gasteiger partial charge on any atom is 0.238 e. The molecule has 1 aliphatic carbocycles. The maximum absolute atomic E-state index is 12.6. The van der Waals surface area contributed by atoms with Crippen LogP contribution in [0, 0.1) is 5.92 Å². The Morgan fingerprint density at radius 2 is 1.92 bits per heavy atom. The Bertz CT molecular complexity index is 773. The second kappa shape index (κ2) is 9.03. The lowest BCUT2D eigenvalue weighted by Crippen LogP contribution is -2.38. The van der Waals surface area contributed by atoms with Crippen molar-refractivity contribution in [3.05, 3.63) is 35.5 Å². The first-order valence-electron chi connectivity index (χ1n) is 9.13. The number of anilines is 1. The molecule has 4 rings (SSSR count). The van der Waals surface area contributed by atoms with E-state index in [-0.39, 0.29) is 30.7 Å². The van der Waals surface area contributed by atoms with Gasteiger partial charge in [0.15, 0.2) is 0 Å². The Balaban J connectivity index is 0.00000121. The Labute approximate surface area is 167 Å². The first kappa shape index (κ1) is 20.9. The van der Waals surface area contributed by atoms with E-state index in [1.165, 1.54) is 18.4 Å². The molecule has 4 nitrogen and oxygen atoms in total. The van der Waals surface area contributed by atoms with Crippen molar-refractivity contribution in [1.82, 2.24) is 9.88 Å². The van der Waals surface area contributed by atoms with Crippen molar-refractivity contribution in [2.24, 2.45) is 5.92 Å². The number of pyridine rings is 1. The molecule has 1 N–H and O–H groups in total. The smallest absolute Gasteiger partial charge is 0.238 e. The number of rotatable bonds is 3. The van der Waals surface area contributed by atoms with Crippen molar-refractivity contribution < 1.29 is 4.79 Å². The van der Waals surface area contributed by atoms with Crippen LogP contribution in [0.2, 0.25) is 0 Å². The molecule has 1 aromatic heterocycles. The van der Waals surface area contributed by atoms with Gasteiger partial charge in [-0.1, -0.05) is 25.1 Å². The zero-order chi connectivity index (χ0) is 16.5. The van der Waals surface area contributed by atoms with Crippen molar-refractivity contribution in [2.75, 3.05) is 25.0 Å². The van der Waals surface area contributed by atoms with Crippen LogP contribution in [0.25, 0.3) is 10.9 Å². The normalized spacial score (nSPS) is 17.3. The summed E-state index contributed by atoms with van der Waals surface area (Å²) in [7, 11) is 0. The number of aryl methyl sites for hydroxylation is 1. The summed E-state index contributed by atoms with van der Waals surface area (Å²) in [5, 5.41) is 4.29. The molecule has 1 fully saturated rings. The average Bonchev–Trinajstić information content (AvgIpc) is 3.05. The van der Waals surface area contributed by atoms with Gasteiger partial charge in [-0.15, -0.1) is 24.8 Å². The Hall–Kier alpha value is -1.36. The van der Waals surface area contributed by atoms with Gasteiger partial charge in [-0.25, -0.2) is 0 Å². The lowest BCUT2D eigenvalue weighted by molar-refractivity contribution is -0.117. The number of likely N-dealkylation sites (tertiary alicyclic amines) is 1. The fourth-order valence-corrected chi connectivity index (χ4v) is 3.96. The molecule has 0 atom stereocenters. The van der Waals surface area contributed by atoms with Gasteiger partial charge in [0.2, 0.25) is 5.91 Å². The SMILES string of the molecule is CC1CCN(CC(=O)Nc2c3c(nc4ccccc24)CCC3)CC1.Cl.Cl. The van der Waals surface area contributed by atoms with E-state index >= 15 is 0 Å². The molecule has 0 saturated carbocycles. The highest BCUT2D eigenvalue weighted by atomic mass is 35.5. The number of hydrogen-bond donors (Lipinski definition) is 1. The molecule has 1 saturated heterocycles. The second-order valence-electron chi connectivity index (χ2n) is 7.29. The number of benzene rings is 1. The summed E-state index contributed by atoms with van der Waals surface area (Å²) in [5.41, 5.74) is 4.40. The lowest BCUT2D eigenvalue weighted by Gasteiger charge is -2.29. The molecule has 2 aromatic rings. The molecular weight excluding hydrogens is 369 g/mol. The van der Waals surface area contributed by atoms with Crippen molar-refractivity contribution in [1.29, 1.82) is 0 Å². The minimum Gasteiger partial charge on any atom is -0.324 e. The zero-order valence-electron chi connectivity index (χ0n) is 15.2. The number of carbonyl (C=O) groups excluding carboxylic acids is 1. The monoisotopic (exact) mass is 395 g/mol. The number of nitrogens with one attached hydrogen (secondary N) is 1. The summed E-state index contributed by atoms with van der Waals surface area (Å²) in [6, 6.07) is 8.14. The third-order valence-corrected chi connectivity index (χ3v) is 5.43. The van der Waals surface area contributed by atoms with Crippen molar-refractivity contribution in [3.63, 3.8) is 0 Å². The number of para-hydroxylation sites is 1. The Kier molecular flexibility index (Phi) is 7.27. The Morgan fingerprint density at radius 3 is 2.69 bits per heavy atom. The standard InChI is InChI=1S/C20H25N3O.2ClH/c1-14-9-11-23(12-10-14)13-19(24)22-20-15-5-2-3-7-17(15)21-18-8-4-6-16(18)20;;/h2-3,5,7,14H,4,6,8-13H2,1H3,(H,21,22,24);2*1H. The van der Waals surface area contributed by atoms with Crippen molar-refractivity contribution in [3.8, 4) is 0 Å². The van der Waals surface area contributed by atoms with Crippen LogP contribution in [0.1, 0.15) is 37.4 Å². The fraction of sp³-hybridized carbons (Fsp3) is 0.500. The van der Waals surface area contributed by atoms with Crippen LogP contribution >= 0.6 is 24.8 Å².